The lowest BCUT2D eigenvalue weighted by Gasteiger charge is -2.28. The van der Waals surface area contributed by atoms with E-state index in [9.17, 15) is 14.4 Å². The van der Waals surface area contributed by atoms with E-state index >= 15 is 0 Å². The van der Waals surface area contributed by atoms with E-state index in [2.05, 4.69) is 5.92 Å². The van der Waals surface area contributed by atoms with Crippen molar-refractivity contribution in [3.05, 3.63) is 0 Å². The number of carboxylic acids is 1. The van der Waals surface area contributed by atoms with E-state index in [-0.39, 0.29) is 24.8 Å². The summed E-state index contributed by atoms with van der Waals surface area (Å²) in [6.07, 6.45) is 4.92. The molecule has 1 amide bonds. The number of amides is 1. The number of esters is 1. The molecule has 0 bridgehead atoms. The topological polar surface area (TPSA) is 83.9 Å². The van der Waals surface area contributed by atoms with Gasteiger partial charge in [-0.2, -0.15) is 0 Å². The van der Waals surface area contributed by atoms with Crippen molar-refractivity contribution in [2.24, 2.45) is 5.92 Å². The summed E-state index contributed by atoms with van der Waals surface area (Å²) in [5.41, 5.74) is -0.748. The minimum atomic E-state index is -1.17. The zero-order valence-electron chi connectivity index (χ0n) is 11.9. The molecule has 110 valence electrons. The van der Waals surface area contributed by atoms with E-state index in [0.717, 1.165) is 0 Å². The van der Waals surface area contributed by atoms with E-state index in [1.165, 1.54) is 4.90 Å². The Balaban J connectivity index is 2.90. The first-order valence-corrected chi connectivity index (χ1v) is 6.34. The fraction of sp³-hybridized carbons (Fsp3) is 0.643. The number of rotatable bonds is 4. The van der Waals surface area contributed by atoms with Crippen molar-refractivity contribution in [2.75, 3.05) is 6.54 Å². The average molecular weight is 281 g/mol. The Morgan fingerprint density at radius 1 is 1.55 bits per heavy atom. The minimum Gasteiger partial charge on any atom is -0.481 e. The first kappa shape index (κ1) is 16.0. The van der Waals surface area contributed by atoms with Gasteiger partial charge in [0, 0.05) is 18.9 Å². The van der Waals surface area contributed by atoms with Crippen LogP contribution in [0.3, 0.4) is 0 Å². The van der Waals surface area contributed by atoms with Gasteiger partial charge >= 0.3 is 11.9 Å². The van der Waals surface area contributed by atoms with Gasteiger partial charge in [-0.3, -0.25) is 9.59 Å². The van der Waals surface area contributed by atoms with Crippen LogP contribution in [0, 0.1) is 18.3 Å². The molecule has 1 fully saturated rings. The van der Waals surface area contributed by atoms with Crippen LogP contribution >= 0.6 is 0 Å². The molecule has 1 aliphatic rings. The van der Waals surface area contributed by atoms with Gasteiger partial charge in [-0.1, -0.05) is 0 Å². The number of carbonyl (C=O) groups excluding carboxylic acids is 2. The molecule has 2 atom stereocenters. The van der Waals surface area contributed by atoms with Gasteiger partial charge in [-0.05, 0) is 20.8 Å². The molecule has 6 nitrogen and oxygen atoms in total. The number of likely N-dealkylation sites (tertiary alicyclic amines) is 1. The third-order valence-corrected chi connectivity index (χ3v) is 2.82. The highest BCUT2D eigenvalue weighted by molar-refractivity contribution is 5.89. The van der Waals surface area contributed by atoms with Gasteiger partial charge < -0.3 is 14.7 Å². The SMILES string of the molecule is C#CC1CC(=O)N([C@@H](CC(=O)O)C(=O)OC(C)(C)C)C1. The Morgan fingerprint density at radius 3 is 2.55 bits per heavy atom. The molecule has 1 rings (SSSR count). The van der Waals surface area contributed by atoms with Crippen LogP contribution in [0.4, 0.5) is 0 Å². The summed E-state index contributed by atoms with van der Waals surface area (Å²) >= 11 is 0. The molecule has 0 spiro atoms. The van der Waals surface area contributed by atoms with E-state index in [1.54, 1.807) is 20.8 Å². The molecule has 0 aromatic heterocycles. The predicted molar refractivity (Wildman–Crippen MR) is 70.5 cm³/mol. The summed E-state index contributed by atoms with van der Waals surface area (Å²) in [4.78, 5) is 36.1. The Hall–Kier alpha value is -2.03. The second-order valence-electron chi connectivity index (χ2n) is 5.76. The number of nitrogens with zero attached hydrogens (tertiary/aromatic N) is 1. The van der Waals surface area contributed by atoms with Crippen molar-refractivity contribution >= 4 is 17.8 Å². The van der Waals surface area contributed by atoms with Crippen molar-refractivity contribution in [3.8, 4) is 12.3 Å². The lowest BCUT2D eigenvalue weighted by molar-refractivity contribution is -0.166. The smallest absolute Gasteiger partial charge is 0.329 e. The molecule has 0 aliphatic carbocycles. The zero-order chi connectivity index (χ0) is 15.5. The van der Waals surface area contributed by atoms with Gasteiger partial charge in [0.05, 0.1) is 6.42 Å². The largest absolute Gasteiger partial charge is 0.481 e. The average Bonchev–Trinajstić information content (AvgIpc) is 2.64. The molecule has 1 saturated heterocycles. The van der Waals surface area contributed by atoms with Gasteiger partial charge in [-0.15, -0.1) is 12.3 Å². The number of ether oxygens (including phenoxy) is 1. The molecular formula is C14H19NO5. The second kappa shape index (κ2) is 5.95. The molecule has 0 radical (unpaired) electrons. The Bertz CT molecular complexity index is 457. The molecule has 0 aromatic carbocycles. The quantitative estimate of drug-likeness (QED) is 0.604. The lowest BCUT2D eigenvalue weighted by atomic mass is 10.1. The molecular weight excluding hydrogens is 262 g/mol. The standard InChI is InChI=1S/C14H19NO5/c1-5-9-6-11(16)15(8-9)10(7-12(17)18)13(19)20-14(2,3)4/h1,9-10H,6-8H2,2-4H3,(H,17,18)/t9?,10-/m0/s1. The third-order valence-electron chi connectivity index (χ3n) is 2.82. The van der Waals surface area contributed by atoms with Crippen molar-refractivity contribution in [2.45, 2.75) is 45.3 Å². The minimum absolute atomic E-state index is 0.134. The fourth-order valence-electron chi connectivity index (χ4n) is 2.00. The first-order valence-electron chi connectivity index (χ1n) is 6.34. The Kier molecular flexibility index (Phi) is 4.77. The Morgan fingerprint density at radius 2 is 2.15 bits per heavy atom. The highest BCUT2D eigenvalue weighted by atomic mass is 16.6. The summed E-state index contributed by atoms with van der Waals surface area (Å²) in [6.45, 7) is 5.23. The number of aliphatic carboxylic acids is 1. The van der Waals surface area contributed by atoms with Crippen LogP contribution in [0.2, 0.25) is 0 Å². The summed E-state index contributed by atoms with van der Waals surface area (Å²) in [6, 6.07) is -1.13. The summed E-state index contributed by atoms with van der Waals surface area (Å²) < 4.78 is 5.18. The maximum atomic E-state index is 12.1. The number of terminal acetylenes is 1. The number of carbonyl (C=O) groups is 3. The predicted octanol–water partition coefficient (Wildman–Crippen LogP) is 0.653. The van der Waals surface area contributed by atoms with Crippen molar-refractivity contribution in [3.63, 3.8) is 0 Å². The normalized spacial score (nSPS) is 20.4. The van der Waals surface area contributed by atoms with E-state index in [1.807, 2.05) is 0 Å². The molecule has 0 aromatic rings. The summed E-state index contributed by atoms with van der Waals surface area (Å²) in [5.74, 6) is -0.0331. The lowest BCUT2D eigenvalue weighted by Crippen LogP contribution is -2.46. The van der Waals surface area contributed by atoms with Crippen LogP contribution in [0.1, 0.15) is 33.6 Å². The number of hydrogen-bond acceptors (Lipinski definition) is 4. The second-order valence-corrected chi connectivity index (χ2v) is 5.76. The highest BCUT2D eigenvalue weighted by Crippen LogP contribution is 2.23. The summed E-state index contributed by atoms with van der Waals surface area (Å²) in [5, 5.41) is 8.91. The van der Waals surface area contributed by atoms with Crippen LogP contribution in [0.25, 0.3) is 0 Å². The van der Waals surface area contributed by atoms with E-state index in [4.69, 9.17) is 16.3 Å². The summed E-state index contributed by atoms with van der Waals surface area (Å²) in [7, 11) is 0. The van der Waals surface area contributed by atoms with Crippen LogP contribution in [0.15, 0.2) is 0 Å². The maximum Gasteiger partial charge on any atom is 0.329 e. The van der Waals surface area contributed by atoms with Crippen LogP contribution < -0.4 is 0 Å². The fourth-order valence-corrected chi connectivity index (χ4v) is 2.00. The highest BCUT2D eigenvalue weighted by Gasteiger charge is 2.40. The van der Waals surface area contributed by atoms with Crippen molar-refractivity contribution in [1.29, 1.82) is 0 Å². The molecule has 1 aliphatic heterocycles. The van der Waals surface area contributed by atoms with E-state index in [0.29, 0.717) is 0 Å². The van der Waals surface area contributed by atoms with Gasteiger partial charge in [0.15, 0.2) is 0 Å². The zero-order valence-corrected chi connectivity index (χ0v) is 11.9. The van der Waals surface area contributed by atoms with Crippen molar-refractivity contribution in [1.82, 2.24) is 4.90 Å². The van der Waals surface area contributed by atoms with E-state index < -0.39 is 30.0 Å². The molecule has 1 unspecified atom stereocenters. The Labute approximate surface area is 118 Å². The van der Waals surface area contributed by atoms with Crippen LogP contribution in [-0.2, 0) is 19.1 Å². The molecule has 1 heterocycles. The molecule has 6 heteroatoms. The van der Waals surface area contributed by atoms with Crippen LogP contribution in [0.5, 0.6) is 0 Å². The number of hydrogen-bond donors (Lipinski definition) is 1. The molecule has 1 N–H and O–H groups in total. The third kappa shape index (κ3) is 4.26. The van der Waals surface area contributed by atoms with Gasteiger partial charge in [0.25, 0.3) is 0 Å². The van der Waals surface area contributed by atoms with Gasteiger partial charge in [-0.25, -0.2) is 4.79 Å². The molecule has 0 saturated carbocycles. The molecule has 20 heavy (non-hydrogen) atoms. The van der Waals surface area contributed by atoms with Gasteiger partial charge in [0.1, 0.15) is 11.6 Å². The van der Waals surface area contributed by atoms with Crippen molar-refractivity contribution < 1.29 is 24.2 Å². The monoisotopic (exact) mass is 281 g/mol. The first-order chi connectivity index (χ1) is 9.14. The maximum absolute atomic E-state index is 12.1. The number of carboxylic acid groups (broad SMARTS) is 1. The van der Waals surface area contributed by atoms with Gasteiger partial charge in [0.2, 0.25) is 5.91 Å². The van der Waals surface area contributed by atoms with Crippen LogP contribution in [-0.4, -0.2) is 46.0 Å².